The molecular formula is C23H50BrK2NO7. The Morgan fingerprint density at radius 2 is 1.26 bits per heavy atom. The predicted octanol–water partition coefficient (Wildman–Crippen LogP) is -1.22. The van der Waals surface area contributed by atoms with Crippen molar-refractivity contribution < 1.29 is 138 Å². The second-order valence-electron chi connectivity index (χ2n) is 6.36. The molecule has 0 aromatic carbocycles. The molecule has 0 bridgehead atoms. The molecule has 0 rings (SSSR count). The van der Waals surface area contributed by atoms with E-state index >= 15 is 0 Å². The third kappa shape index (κ3) is 64.3. The normalized spacial score (nSPS) is 8.26. The molecule has 0 unspecified atom stereocenters. The zero-order valence-corrected chi connectivity index (χ0v) is 30.3. The molecule has 34 heavy (non-hydrogen) atoms. The Morgan fingerprint density at radius 1 is 0.853 bits per heavy atom. The Morgan fingerprint density at radius 3 is 1.53 bits per heavy atom. The van der Waals surface area contributed by atoms with Gasteiger partial charge in [0.05, 0.1) is 13.2 Å². The average Bonchev–Trinajstić information content (AvgIpc) is 2.74. The summed E-state index contributed by atoms with van der Waals surface area (Å²) in [6.07, 6.45) is 8.07. The summed E-state index contributed by atoms with van der Waals surface area (Å²) < 4.78 is 9.51. The number of alkyl halides is 1. The van der Waals surface area contributed by atoms with Crippen LogP contribution in [0.2, 0.25) is 0 Å². The smallest absolute Gasteiger partial charge is 1.00 e. The van der Waals surface area contributed by atoms with Crippen molar-refractivity contribution >= 4 is 34.3 Å². The standard InChI is InChI=1S/C10H21NO2.C6H11BrO2.C5H12.CH2O3.CH4.2K.H/c1-4-8-11(3)9-6-7-10(12)13-5-2;1-2-9-6(8)4-3-5-7;1-3-5-4-2;2-1-4-3;;;;/h4-9H2,1-3H3;2-5H2,1H3;3-5H2,1-2H3;1,3H;1H4;;;/q;;;;;2*+1;-1/p-1. The van der Waals surface area contributed by atoms with Gasteiger partial charge in [0, 0.05) is 18.2 Å². The van der Waals surface area contributed by atoms with Crippen LogP contribution in [0, 0.1) is 0 Å². The third-order valence-corrected chi connectivity index (χ3v) is 3.96. The van der Waals surface area contributed by atoms with Crippen LogP contribution in [0.5, 0.6) is 0 Å². The van der Waals surface area contributed by atoms with Crippen LogP contribution in [0.25, 0.3) is 0 Å². The number of hydrogen-bond donors (Lipinski definition) is 0. The summed E-state index contributed by atoms with van der Waals surface area (Å²) in [7, 11) is 2.08. The summed E-state index contributed by atoms with van der Waals surface area (Å²) in [5.41, 5.74) is 0. The molecule has 0 aromatic rings. The molecule has 0 aliphatic heterocycles. The first-order chi connectivity index (χ1) is 14.8. The van der Waals surface area contributed by atoms with Crippen LogP contribution in [0.4, 0.5) is 0 Å². The van der Waals surface area contributed by atoms with Gasteiger partial charge in [-0.15, -0.1) is 0 Å². The van der Waals surface area contributed by atoms with Crippen molar-refractivity contribution in [1.29, 1.82) is 0 Å². The van der Waals surface area contributed by atoms with Gasteiger partial charge in [0.2, 0.25) is 0 Å². The molecule has 0 aliphatic carbocycles. The Bertz CT molecular complexity index is 388. The van der Waals surface area contributed by atoms with Crippen LogP contribution in [-0.2, 0) is 28.7 Å². The van der Waals surface area contributed by atoms with Crippen LogP contribution in [-0.4, -0.2) is 62.0 Å². The van der Waals surface area contributed by atoms with E-state index in [9.17, 15) is 9.59 Å². The topological polar surface area (TPSA) is 105 Å². The van der Waals surface area contributed by atoms with Crippen LogP contribution < -0.4 is 108 Å². The summed E-state index contributed by atoms with van der Waals surface area (Å²) in [5, 5.41) is 9.30. The van der Waals surface area contributed by atoms with Crippen molar-refractivity contribution in [3.05, 3.63) is 0 Å². The molecule has 0 atom stereocenters. The van der Waals surface area contributed by atoms with Crippen molar-refractivity contribution in [2.75, 3.05) is 38.7 Å². The Hall–Kier alpha value is 2.08. The summed E-state index contributed by atoms with van der Waals surface area (Å²) >= 11 is 3.22. The molecule has 0 saturated carbocycles. The Kier molecular flexibility index (Phi) is 79.8. The molecule has 0 radical (unpaired) electrons. The number of esters is 2. The van der Waals surface area contributed by atoms with Gasteiger partial charge in [0.15, 0.2) is 0 Å². The average molecular weight is 611 g/mol. The number of carbonyl (C=O) groups excluding carboxylic acids is 3. The van der Waals surface area contributed by atoms with Gasteiger partial charge in [-0.2, -0.15) is 0 Å². The molecule has 0 saturated heterocycles. The van der Waals surface area contributed by atoms with E-state index in [-0.39, 0.29) is 130 Å². The van der Waals surface area contributed by atoms with Crippen LogP contribution in [0.1, 0.15) is 94.8 Å². The van der Waals surface area contributed by atoms with E-state index in [1.54, 1.807) is 0 Å². The van der Waals surface area contributed by atoms with Gasteiger partial charge >= 0.3 is 115 Å². The first kappa shape index (κ1) is 52.5. The maximum absolute atomic E-state index is 10.9. The van der Waals surface area contributed by atoms with Gasteiger partial charge in [-0.25, -0.2) is 0 Å². The molecule has 11 heteroatoms. The van der Waals surface area contributed by atoms with Crippen LogP contribution >= 0.6 is 15.9 Å². The number of ether oxygens (including phenoxy) is 2. The molecule has 0 aromatic heterocycles. The fourth-order valence-corrected chi connectivity index (χ4v) is 2.30. The predicted molar refractivity (Wildman–Crippen MR) is 134 cm³/mol. The van der Waals surface area contributed by atoms with Crippen LogP contribution in [0.15, 0.2) is 0 Å². The van der Waals surface area contributed by atoms with Gasteiger partial charge in [-0.05, 0) is 53.2 Å². The second kappa shape index (κ2) is 51.7. The quantitative estimate of drug-likeness (QED) is 0.0603. The molecule has 0 heterocycles. The van der Waals surface area contributed by atoms with Gasteiger partial charge < -0.3 is 25.9 Å². The van der Waals surface area contributed by atoms with Crippen molar-refractivity contribution in [2.45, 2.75) is 93.4 Å². The maximum atomic E-state index is 10.9. The third-order valence-electron chi connectivity index (χ3n) is 3.40. The molecule has 8 nitrogen and oxygen atoms in total. The SMILES string of the molecule is C.CCCCC.CCCN(C)CCCC(=O)OCC.CCOC(=O)CCCBr.O=CO[O-].[H-].[K+].[K+]. The fraction of sp³-hybridized carbons (Fsp3) is 0.870. The maximum Gasteiger partial charge on any atom is 1.00 e. The Labute approximate surface area is 304 Å². The number of unbranched alkanes of at least 4 members (excludes halogenated alkanes) is 2. The van der Waals surface area contributed by atoms with Crippen LogP contribution in [0.3, 0.4) is 0 Å². The van der Waals surface area contributed by atoms with Gasteiger partial charge in [-0.1, -0.05) is 63.4 Å². The van der Waals surface area contributed by atoms with E-state index in [0.717, 1.165) is 37.7 Å². The zero-order valence-electron chi connectivity index (χ0n) is 23.5. The van der Waals surface area contributed by atoms with Gasteiger partial charge in [0.25, 0.3) is 6.47 Å². The molecule has 0 aliphatic rings. The number of rotatable bonds is 14. The summed E-state index contributed by atoms with van der Waals surface area (Å²) in [4.78, 5) is 35.0. The van der Waals surface area contributed by atoms with Crippen molar-refractivity contribution in [1.82, 2.24) is 4.90 Å². The minimum atomic E-state index is -0.181. The fourth-order valence-electron chi connectivity index (χ4n) is 2.02. The first-order valence-electron chi connectivity index (χ1n) is 11.1. The first-order valence-corrected chi connectivity index (χ1v) is 12.2. The molecule has 0 amide bonds. The minimum Gasteiger partial charge on any atom is -1.00 e. The summed E-state index contributed by atoms with van der Waals surface area (Å²) in [5.74, 6) is -0.177. The summed E-state index contributed by atoms with van der Waals surface area (Å²) in [6.45, 7) is 13.1. The largest absolute Gasteiger partial charge is 1.00 e. The molecule has 0 spiro atoms. The van der Waals surface area contributed by atoms with Gasteiger partial charge in [-0.3, -0.25) is 14.4 Å². The van der Waals surface area contributed by atoms with E-state index in [1.165, 1.54) is 19.3 Å². The van der Waals surface area contributed by atoms with E-state index in [1.807, 2.05) is 13.8 Å². The zero-order chi connectivity index (χ0) is 24.8. The monoisotopic (exact) mass is 609 g/mol. The molecular weight excluding hydrogens is 560 g/mol. The molecule has 0 fully saturated rings. The Balaban J connectivity index is -0.0000000487. The van der Waals surface area contributed by atoms with Crippen molar-refractivity contribution in [3.63, 3.8) is 0 Å². The van der Waals surface area contributed by atoms with Crippen molar-refractivity contribution in [2.24, 2.45) is 0 Å². The molecule has 198 valence electrons. The van der Waals surface area contributed by atoms with E-state index in [2.05, 4.69) is 58.3 Å². The number of halogens is 1. The number of hydrogen-bond acceptors (Lipinski definition) is 8. The van der Waals surface area contributed by atoms with Gasteiger partial charge in [0.1, 0.15) is 0 Å². The van der Waals surface area contributed by atoms with Crippen molar-refractivity contribution in [3.8, 4) is 0 Å². The van der Waals surface area contributed by atoms with E-state index in [0.29, 0.717) is 26.1 Å². The second-order valence-corrected chi connectivity index (χ2v) is 7.15. The minimum absolute atomic E-state index is 0. The number of nitrogens with zero attached hydrogens (tertiary/aromatic N) is 1. The molecule has 0 N–H and O–H groups in total. The van der Waals surface area contributed by atoms with E-state index in [4.69, 9.17) is 14.8 Å². The van der Waals surface area contributed by atoms with E-state index < -0.39 is 0 Å². The summed E-state index contributed by atoms with van der Waals surface area (Å²) in [6, 6.07) is 0. The number of carbonyl (C=O) groups is 3.